The number of aliphatic hydroxyl groups excluding tert-OH is 1. The molecule has 0 unspecified atom stereocenters. The quantitative estimate of drug-likeness (QED) is 0.554. The number of H-pyrrole nitrogens is 1. The van der Waals surface area contributed by atoms with E-state index in [0.717, 1.165) is 54.5 Å². The van der Waals surface area contributed by atoms with Gasteiger partial charge in [0.1, 0.15) is 29.9 Å². The first-order valence-electron chi connectivity index (χ1n) is 8.86. The Bertz CT molecular complexity index is 1070. The molecule has 1 saturated heterocycles. The molecule has 0 aliphatic carbocycles. The molecule has 4 aromatic rings. The summed E-state index contributed by atoms with van der Waals surface area (Å²) >= 11 is 0. The van der Waals surface area contributed by atoms with Crippen molar-refractivity contribution in [3.63, 3.8) is 0 Å². The van der Waals surface area contributed by atoms with Crippen molar-refractivity contribution in [3.05, 3.63) is 31.0 Å². The molecule has 0 atom stereocenters. The lowest BCUT2D eigenvalue weighted by Crippen LogP contribution is -2.36. The largest absolute Gasteiger partial charge is 0.393 e. The highest BCUT2D eigenvalue weighted by Crippen LogP contribution is 2.29. The van der Waals surface area contributed by atoms with Crippen LogP contribution in [0.2, 0.25) is 0 Å². The minimum Gasteiger partial charge on any atom is -0.393 e. The molecule has 1 aliphatic heterocycles. The van der Waals surface area contributed by atoms with Gasteiger partial charge in [-0.05, 0) is 18.9 Å². The van der Waals surface area contributed by atoms with Gasteiger partial charge in [0.05, 0.1) is 11.8 Å². The van der Waals surface area contributed by atoms with E-state index in [0.29, 0.717) is 5.82 Å². The molecule has 0 radical (unpaired) electrons. The van der Waals surface area contributed by atoms with Crippen LogP contribution in [0, 0.1) is 0 Å². The Kier molecular flexibility index (Phi) is 3.64. The SMILES string of the molecule is Cn1ncnc1-c1cc(N2CCC(O)CC2)n2cnc(-c3ccn[nH]3)c2n1. The maximum Gasteiger partial charge on any atom is 0.176 e. The number of imidazole rings is 1. The summed E-state index contributed by atoms with van der Waals surface area (Å²) in [4.78, 5) is 16.0. The molecular weight excluding hydrogens is 346 g/mol. The monoisotopic (exact) mass is 365 g/mol. The van der Waals surface area contributed by atoms with Crippen LogP contribution in [0.25, 0.3) is 28.6 Å². The Morgan fingerprint density at radius 1 is 1.22 bits per heavy atom. The number of aryl methyl sites for hydroxylation is 1. The molecule has 0 bridgehead atoms. The van der Waals surface area contributed by atoms with Gasteiger partial charge >= 0.3 is 0 Å². The van der Waals surface area contributed by atoms with Crippen molar-refractivity contribution < 1.29 is 5.11 Å². The Morgan fingerprint density at radius 3 is 2.78 bits per heavy atom. The molecule has 4 aromatic heterocycles. The van der Waals surface area contributed by atoms with Crippen molar-refractivity contribution in [3.8, 4) is 22.9 Å². The summed E-state index contributed by atoms with van der Waals surface area (Å²) in [5, 5.41) is 21.0. The van der Waals surface area contributed by atoms with Crippen molar-refractivity contribution in [1.82, 2.24) is 39.3 Å². The van der Waals surface area contributed by atoms with E-state index in [1.165, 1.54) is 6.33 Å². The molecule has 0 amide bonds. The van der Waals surface area contributed by atoms with Crippen LogP contribution in [0.15, 0.2) is 31.0 Å². The normalized spacial score (nSPS) is 15.7. The molecule has 0 aromatic carbocycles. The molecule has 5 heterocycles. The predicted molar refractivity (Wildman–Crippen MR) is 98.0 cm³/mol. The van der Waals surface area contributed by atoms with Gasteiger partial charge in [0.2, 0.25) is 0 Å². The fourth-order valence-electron chi connectivity index (χ4n) is 3.51. The van der Waals surface area contributed by atoms with Crippen LogP contribution in [0.4, 0.5) is 5.82 Å². The van der Waals surface area contributed by atoms with E-state index in [1.807, 2.05) is 23.6 Å². The zero-order chi connectivity index (χ0) is 18.4. The summed E-state index contributed by atoms with van der Waals surface area (Å²) in [6.45, 7) is 1.55. The fourth-order valence-corrected chi connectivity index (χ4v) is 3.51. The van der Waals surface area contributed by atoms with Crippen LogP contribution in [0.5, 0.6) is 0 Å². The third kappa shape index (κ3) is 2.65. The molecule has 2 N–H and O–H groups in total. The van der Waals surface area contributed by atoms with Gasteiger partial charge in [-0.2, -0.15) is 10.2 Å². The van der Waals surface area contributed by atoms with Crippen molar-refractivity contribution in [2.75, 3.05) is 18.0 Å². The first-order valence-corrected chi connectivity index (χ1v) is 8.86. The maximum atomic E-state index is 9.87. The number of nitrogens with zero attached hydrogens (tertiary/aromatic N) is 8. The average molecular weight is 365 g/mol. The van der Waals surface area contributed by atoms with Gasteiger partial charge in [0.15, 0.2) is 11.5 Å². The number of nitrogens with one attached hydrogen (secondary N) is 1. The van der Waals surface area contributed by atoms with E-state index in [9.17, 15) is 5.11 Å². The Hall–Kier alpha value is -3.27. The second kappa shape index (κ2) is 6.16. The molecule has 1 fully saturated rings. The maximum absolute atomic E-state index is 9.87. The van der Waals surface area contributed by atoms with E-state index < -0.39 is 0 Å². The molecule has 10 nitrogen and oxygen atoms in total. The lowest BCUT2D eigenvalue weighted by atomic mass is 10.1. The Morgan fingerprint density at radius 2 is 2.07 bits per heavy atom. The zero-order valence-electron chi connectivity index (χ0n) is 14.8. The van der Waals surface area contributed by atoms with E-state index in [4.69, 9.17) is 4.98 Å². The third-order valence-electron chi connectivity index (χ3n) is 4.97. The number of anilines is 1. The van der Waals surface area contributed by atoms with Crippen LogP contribution in [-0.2, 0) is 7.05 Å². The van der Waals surface area contributed by atoms with Gasteiger partial charge in [0.25, 0.3) is 0 Å². The molecule has 10 heteroatoms. The second-order valence-corrected chi connectivity index (χ2v) is 6.68. The smallest absolute Gasteiger partial charge is 0.176 e. The van der Waals surface area contributed by atoms with Crippen LogP contribution in [0.1, 0.15) is 12.8 Å². The lowest BCUT2D eigenvalue weighted by Gasteiger charge is -2.31. The van der Waals surface area contributed by atoms with Crippen molar-refractivity contribution in [1.29, 1.82) is 0 Å². The van der Waals surface area contributed by atoms with Gasteiger partial charge in [-0.25, -0.2) is 19.6 Å². The summed E-state index contributed by atoms with van der Waals surface area (Å²) in [6, 6.07) is 3.88. The minimum atomic E-state index is -0.236. The van der Waals surface area contributed by atoms with Gasteiger partial charge in [-0.15, -0.1) is 0 Å². The van der Waals surface area contributed by atoms with Gasteiger partial charge in [-0.1, -0.05) is 0 Å². The number of hydrogen-bond donors (Lipinski definition) is 2. The highest BCUT2D eigenvalue weighted by molar-refractivity contribution is 5.75. The first kappa shape index (κ1) is 15.9. The fraction of sp³-hybridized carbons (Fsp3) is 0.353. The number of hydrogen-bond acceptors (Lipinski definition) is 7. The molecule has 0 saturated carbocycles. The number of aliphatic hydroxyl groups is 1. The summed E-state index contributed by atoms with van der Waals surface area (Å²) in [5.74, 6) is 1.66. The molecule has 1 aliphatic rings. The van der Waals surface area contributed by atoms with Gasteiger partial charge < -0.3 is 10.0 Å². The standard InChI is InChI=1S/C17H19N9O/c1-24-16(18-9-21-24)13-8-14(25-6-3-11(27)4-7-25)26-10-19-15(17(26)22-13)12-2-5-20-23-12/h2,5,8-11,27H,3-4,6-7H2,1H3,(H,20,23). The summed E-state index contributed by atoms with van der Waals surface area (Å²) in [7, 11) is 1.84. The van der Waals surface area contributed by atoms with Crippen LogP contribution >= 0.6 is 0 Å². The molecular formula is C17H19N9O. The summed E-state index contributed by atoms with van der Waals surface area (Å²) in [6.07, 6.45) is 6.24. The molecule has 5 rings (SSSR count). The number of rotatable bonds is 3. The van der Waals surface area contributed by atoms with Crippen LogP contribution in [0.3, 0.4) is 0 Å². The number of aromatic nitrogens is 8. The Balaban J connectivity index is 1.71. The van der Waals surface area contributed by atoms with E-state index in [2.05, 4.69) is 30.2 Å². The van der Waals surface area contributed by atoms with E-state index >= 15 is 0 Å². The first-order chi connectivity index (χ1) is 13.2. The van der Waals surface area contributed by atoms with Crippen molar-refractivity contribution in [2.24, 2.45) is 7.05 Å². The number of piperidine rings is 1. The molecule has 0 spiro atoms. The van der Waals surface area contributed by atoms with Crippen molar-refractivity contribution in [2.45, 2.75) is 18.9 Å². The molecule has 138 valence electrons. The van der Waals surface area contributed by atoms with E-state index in [-0.39, 0.29) is 6.10 Å². The highest BCUT2D eigenvalue weighted by atomic mass is 16.3. The van der Waals surface area contributed by atoms with Crippen LogP contribution < -0.4 is 4.90 Å². The molecule has 27 heavy (non-hydrogen) atoms. The lowest BCUT2D eigenvalue weighted by molar-refractivity contribution is 0.145. The predicted octanol–water partition coefficient (Wildman–Crippen LogP) is 0.876. The highest BCUT2D eigenvalue weighted by Gasteiger charge is 2.23. The average Bonchev–Trinajstić information content (AvgIpc) is 3.41. The minimum absolute atomic E-state index is 0.236. The zero-order valence-corrected chi connectivity index (χ0v) is 14.8. The summed E-state index contributed by atoms with van der Waals surface area (Å²) < 4.78 is 3.68. The summed E-state index contributed by atoms with van der Waals surface area (Å²) in [5.41, 5.74) is 2.99. The second-order valence-electron chi connectivity index (χ2n) is 6.68. The Labute approximate surface area is 154 Å². The van der Waals surface area contributed by atoms with Crippen LogP contribution in [-0.4, -0.2) is 63.6 Å². The third-order valence-corrected chi connectivity index (χ3v) is 4.97. The van der Waals surface area contributed by atoms with Crippen molar-refractivity contribution >= 4 is 11.5 Å². The van der Waals surface area contributed by atoms with Gasteiger partial charge in [-0.3, -0.25) is 9.50 Å². The number of aromatic amines is 1. The number of fused-ring (bicyclic) bond motifs is 1. The van der Waals surface area contributed by atoms with E-state index in [1.54, 1.807) is 17.2 Å². The van der Waals surface area contributed by atoms with Gasteiger partial charge in [0, 0.05) is 32.4 Å². The topological polar surface area (TPSA) is 113 Å².